The largest absolute Gasteiger partial charge is 0.352 e. The number of nitrogens with one attached hydrogen (secondary N) is 2. The fourth-order valence-electron chi connectivity index (χ4n) is 2.58. The standard InChI is InChI=1S/C16H22FN3O2.ClH/c1-18-14-3-2-10-20(11-14)15(21)8-9-19-16(22)12-4-6-13(17)7-5-12;/h4-7,14,18H,2-3,8-11H2,1H3,(H,19,22);1H. The third kappa shape index (κ3) is 5.80. The molecule has 7 heteroatoms. The molecule has 0 aliphatic carbocycles. The molecule has 23 heavy (non-hydrogen) atoms. The van der Waals surface area contributed by atoms with Crippen molar-refractivity contribution in [2.75, 3.05) is 26.7 Å². The van der Waals surface area contributed by atoms with Crippen molar-refractivity contribution >= 4 is 24.2 Å². The van der Waals surface area contributed by atoms with Gasteiger partial charge in [0.1, 0.15) is 5.82 Å². The lowest BCUT2D eigenvalue weighted by Gasteiger charge is -2.32. The van der Waals surface area contributed by atoms with Gasteiger partial charge in [-0.05, 0) is 44.2 Å². The minimum absolute atomic E-state index is 0. The van der Waals surface area contributed by atoms with Crippen LogP contribution in [0, 0.1) is 5.82 Å². The number of likely N-dealkylation sites (tertiary alicyclic amines) is 1. The first-order chi connectivity index (χ1) is 10.6. The van der Waals surface area contributed by atoms with Crippen LogP contribution in [-0.4, -0.2) is 49.4 Å². The fourth-order valence-corrected chi connectivity index (χ4v) is 2.58. The molecule has 0 radical (unpaired) electrons. The maximum absolute atomic E-state index is 12.8. The lowest BCUT2D eigenvalue weighted by molar-refractivity contribution is -0.132. The molecule has 1 aliphatic heterocycles. The number of piperidine rings is 1. The zero-order chi connectivity index (χ0) is 15.9. The molecule has 1 fully saturated rings. The Morgan fingerprint density at radius 1 is 1.30 bits per heavy atom. The summed E-state index contributed by atoms with van der Waals surface area (Å²) in [5.74, 6) is -0.616. The molecule has 1 heterocycles. The highest BCUT2D eigenvalue weighted by Gasteiger charge is 2.22. The molecule has 2 amide bonds. The summed E-state index contributed by atoms with van der Waals surface area (Å²) in [7, 11) is 1.90. The number of rotatable bonds is 5. The minimum Gasteiger partial charge on any atom is -0.352 e. The average molecular weight is 344 g/mol. The predicted molar refractivity (Wildman–Crippen MR) is 89.3 cm³/mol. The van der Waals surface area contributed by atoms with E-state index in [4.69, 9.17) is 0 Å². The third-order valence-corrected chi connectivity index (χ3v) is 3.91. The van der Waals surface area contributed by atoms with Gasteiger partial charge < -0.3 is 15.5 Å². The Bertz CT molecular complexity index is 525. The number of amides is 2. The van der Waals surface area contributed by atoms with E-state index in [0.717, 1.165) is 25.9 Å². The summed E-state index contributed by atoms with van der Waals surface area (Å²) in [6, 6.07) is 5.69. The number of hydrogen-bond donors (Lipinski definition) is 2. The van der Waals surface area contributed by atoms with E-state index < -0.39 is 0 Å². The van der Waals surface area contributed by atoms with Crippen LogP contribution in [-0.2, 0) is 4.79 Å². The van der Waals surface area contributed by atoms with Crippen molar-refractivity contribution in [1.82, 2.24) is 15.5 Å². The van der Waals surface area contributed by atoms with E-state index in [0.29, 0.717) is 11.6 Å². The van der Waals surface area contributed by atoms with E-state index in [2.05, 4.69) is 10.6 Å². The van der Waals surface area contributed by atoms with Gasteiger partial charge in [-0.3, -0.25) is 9.59 Å². The van der Waals surface area contributed by atoms with Crippen molar-refractivity contribution < 1.29 is 14.0 Å². The number of carbonyl (C=O) groups excluding carboxylic acids is 2. The van der Waals surface area contributed by atoms with Gasteiger partial charge in [-0.15, -0.1) is 12.4 Å². The molecule has 2 N–H and O–H groups in total. The van der Waals surface area contributed by atoms with E-state index in [9.17, 15) is 14.0 Å². The summed E-state index contributed by atoms with van der Waals surface area (Å²) in [6.45, 7) is 1.79. The molecule has 128 valence electrons. The first kappa shape index (κ1) is 19.4. The maximum atomic E-state index is 12.8. The summed E-state index contributed by atoms with van der Waals surface area (Å²) >= 11 is 0. The minimum atomic E-state index is -0.379. The highest BCUT2D eigenvalue weighted by atomic mass is 35.5. The fraction of sp³-hybridized carbons (Fsp3) is 0.500. The molecule has 1 atom stereocenters. The second kappa shape index (κ2) is 9.47. The summed E-state index contributed by atoms with van der Waals surface area (Å²) < 4.78 is 12.8. The van der Waals surface area contributed by atoms with Gasteiger partial charge in [0.2, 0.25) is 5.91 Å². The second-order valence-electron chi connectivity index (χ2n) is 5.48. The van der Waals surface area contributed by atoms with Gasteiger partial charge in [0.05, 0.1) is 0 Å². The zero-order valence-corrected chi connectivity index (χ0v) is 14.0. The molecule has 0 spiro atoms. The molecule has 2 rings (SSSR count). The van der Waals surface area contributed by atoms with Crippen LogP contribution in [0.5, 0.6) is 0 Å². The van der Waals surface area contributed by atoms with Gasteiger partial charge in [-0.1, -0.05) is 0 Å². The number of benzene rings is 1. The molecular formula is C16H23ClFN3O2. The van der Waals surface area contributed by atoms with Gasteiger partial charge >= 0.3 is 0 Å². The van der Waals surface area contributed by atoms with Crippen molar-refractivity contribution in [2.45, 2.75) is 25.3 Å². The Hall–Kier alpha value is -1.66. The van der Waals surface area contributed by atoms with Gasteiger partial charge in [-0.2, -0.15) is 0 Å². The van der Waals surface area contributed by atoms with Crippen molar-refractivity contribution in [2.24, 2.45) is 0 Å². The van der Waals surface area contributed by atoms with Crippen LogP contribution in [0.25, 0.3) is 0 Å². The summed E-state index contributed by atoms with van der Waals surface area (Å²) in [5.41, 5.74) is 0.391. The number of likely N-dealkylation sites (N-methyl/N-ethyl adjacent to an activating group) is 1. The van der Waals surface area contributed by atoms with Crippen molar-refractivity contribution in [3.05, 3.63) is 35.6 Å². The molecule has 1 aliphatic rings. The van der Waals surface area contributed by atoms with Gasteiger partial charge in [0.15, 0.2) is 0 Å². The van der Waals surface area contributed by atoms with E-state index in [1.807, 2.05) is 11.9 Å². The summed E-state index contributed by atoms with van der Waals surface area (Å²) in [4.78, 5) is 25.8. The monoisotopic (exact) mass is 343 g/mol. The van der Waals surface area contributed by atoms with E-state index in [-0.39, 0.29) is 43.0 Å². The Labute approximate surface area is 142 Å². The van der Waals surface area contributed by atoms with Crippen molar-refractivity contribution in [1.29, 1.82) is 0 Å². The normalized spacial score (nSPS) is 17.3. The second-order valence-corrected chi connectivity index (χ2v) is 5.48. The van der Waals surface area contributed by atoms with Gasteiger partial charge in [0, 0.05) is 37.7 Å². The van der Waals surface area contributed by atoms with Crippen LogP contribution < -0.4 is 10.6 Å². The molecule has 1 aromatic rings. The summed E-state index contributed by atoms with van der Waals surface area (Å²) in [6.07, 6.45) is 2.37. The lowest BCUT2D eigenvalue weighted by atomic mass is 10.1. The van der Waals surface area contributed by atoms with Crippen LogP contribution >= 0.6 is 12.4 Å². The van der Waals surface area contributed by atoms with Crippen LogP contribution in [0.1, 0.15) is 29.6 Å². The molecule has 5 nitrogen and oxygen atoms in total. The van der Waals surface area contributed by atoms with Crippen LogP contribution in [0.2, 0.25) is 0 Å². The molecule has 1 saturated heterocycles. The number of halogens is 2. The maximum Gasteiger partial charge on any atom is 0.251 e. The molecule has 1 aromatic carbocycles. The molecular weight excluding hydrogens is 321 g/mol. The SMILES string of the molecule is CNC1CCCN(C(=O)CCNC(=O)c2ccc(F)cc2)C1.Cl. The van der Waals surface area contributed by atoms with Crippen LogP contribution in [0.3, 0.4) is 0 Å². The number of hydrogen-bond acceptors (Lipinski definition) is 3. The highest BCUT2D eigenvalue weighted by Crippen LogP contribution is 2.10. The van der Waals surface area contributed by atoms with E-state index in [1.54, 1.807) is 0 Å². The van der Waals surface area contributed by atoms with Crippen LogP contribution in [0.15, 0.2) is 24.3 Å². The first-order valence-electron chi connectivity index (χ1n) is 7.59. The molecule has 1 unspecified atom stereocenters. The van der Waals surface area contributed by atoms with E-state index in [1.165, 1.54) is 24.3 Å². The Kier molecular flexibility index (Phi) is 7.98. The lowest BCUT2D eigenvalue weighted by Crippen LogP contribution is -2.47. The average Bonchev–Trinajstić information content (AvgIpc) is 2.55. The topological polar surface area (TPSA) is 61.4 Å². The van der Waals surface area contributed by atoms with Crippen molar-refractivity contribution in [3.8, 4) is 0 Å². The highest BCUT2D eigenvalue weighted by molar-refractivity contribution is 5.94. The Balaban J connectivity index is 0.00000264. The smallest absolute Gasteiger partial charge is 0.251 e. The predicted octanol–water partition coefficient (Wildman–Crippen LogP) is 1.58. The zero-order valence-electron chi connectivity index (χ0n) is 13.2. The number of nitrogens with zero attached hydrogens (tertiary/aromatic N) is 1. The Morgan fingerprint density at radius 2 is 2.00 bits per heavy atom. The quantitative estimate of drug-likeness (QED) is 0.853. The van der Waals surface area contributed by atoms with Crippen molar-refractivity contribution in [3.63, 3.8) is 0 Å². The number of carbonyl (C=O) groups is 2. The van der Waals surface area contributed by atoms with Gasteiger partial charge in [0.25, 0.3) is 5.91 Å². The molecule has 0 aromatic heterocycles. The van der Waals surface area contributed by atoms with E-state index >= 15 is 0 Å². The van der Waals surface area contributed by atoms with Gasteiger partial charge in [-0.25, -0.2) is 4.39 Å². The van der Waals surface area contributed by atoms with Crippen LogP contribution in [0.4, 0.5) is 4.39 Å². The molecule has 0 saturated carbocycles. The summed E-state index contributed by atoms with van der Waals surface area (Å²) in [5, 5.41) is 5.88. The molecule has 0 bridgehead atoms. The third-order valence-electron chi connectivity index (χ3n) is 3.91. The Morgan fingerprint density at radius 3 is 2.65 bits per heavy atom. The first-order valence-corrected chi connectivity index (χ1v) is 7.59.